The zero-order chi connectivity index (χ0) is 11.8. The molecule has 2 atom stereocenters. The summed E-state index contributed by atoms with van der Waals surface area (Å²) < 4.78 is 14.6. The number of hydrogen-bond donors (Lipinski definition) is 1. The average molecular weight is 336 g/mol. The van der Waals surface area contributed by atoms with Gasteiger partial charge in [0.2, 0.25) is 0 Å². The van der Waals surface area contributed by atoms with Crippen LogP contribution in [0.5, 0.6) is 0 Å². The monoisotopic (exact) mass is 334 g/mol. The zero-order valence-electron chi connectivity index (χ0n) is 10.0. The van der Waals surface area contributed by atoms with Crippen molar-refractivity contribution in [2.24, 2.45) is 11.8 Å². The number of nitrogens with one attached hydrogen (secondary N) is 1. The van der Waals surface area contributed by atoms with E-state index in [2.05, 4.69) is 26.1 Å². The standard InChI is InChI=1S/C13H16BrFN2.ClH/c14-12-1-2-13(15)9(3-12)6-17-7-10-4-16-5-11(10)8-17;/h1-3,10-11,16H,4-8H2;1H/t10-,11+;. The van der Waals surface area contributed by atoms with Gasteiger partial charge in [-0.3, -0.25) is 4.90 Å². The maximum Gasteiger partial charge on any atom is 0.127 e. The topological polar surface area (TPSA) is 15.3 Å². The fourth-order valence-corrected chi connectivity index (χ4v) is 3.40. The lowest BCUT2D eigenvalue weighted by Gasteiger charge is -2.17. The van der Waals surface area contributed by atoms with Crippen LogP contribution in [-0.4, -0.2) is 31.1 Å². The molecular weight excluding hydrogens is 319 g/mol. The van der Waals surface area contributed by atoms with Gasteiger partial charge in [0.05, 0.1) is 0 Å². The highest BCUT2D eigenvalue weighted by atomic mass is 79.9. The average Bonchev–Trinajstić information content (AvgIpc) is 2.83. The summed E-state index contributed by atoms with van der Waals surface area (Å²) in [5.41, 5.74) is 0.798. The van der Waals surface area contributed by atoms with E-state index >= 15 is 0 Å². The van der Waals surface area contributed by atoms with Crippen molar-refractivity contribution >= 4 is 28.3 Å². The number of rotatable bonds is 2. The van der Waals surface area contributed by atoms with Crippen LogP contribution >= 0.6 is 28.3 Å². The summed E-state index contributed by atoms with van der Waals surface area (Å²) >= 11 is 3.40. The van der Waals surface area contributed by atoms with E-state index in [-0.39, 0.29) is 18.2 Å². The molecule has 0 bridgehead atoms. The molecule has 0 aliphatic carbocycles. The summed E-state index contributed by atoms with van der Waals surface area (Å²) in [5, 5.41) is 3.42. The summed E-state index contributed by atoms with van der Waals surface area (Å²) in [6.07, 6.45) is 0. The molecule has 2 nitrogen and oxygen atoms in total. The number of benzene rings is 1. The summed E-state index contributed by atoms with van der Waals surface area (Å²) in [5.74, 6) is 1.44. The Morgan fingerprint density at radius 1 is 1.28 bits per heavy atom. The first-order valence-electron chi connectivity index (χ1n) is 6.09. The van der Waals surface area contributed by atoms with E-state index in [1.54, 1.807) is 6.07 Å². The van der Waals surface area contributed by atoms with E-state index in [0.717, 1.165) is 54.6 Å². The van der Waals surface area contributed by atoms with E-state index in [4.69, 9.17) is 0 Å². The molecule has 3 rings (SSSR count). The van der Waals surface area contributed by atoms with Gasteiger partial charge >= 0.3 is 0 Å². The minimum atomic E-state index is -0.0941. The molecule has 2 heterocycles. The Hall–Kier alpha value is -0.160. The van der Waals surface area contributed by atoms with Crippen LogP contribution in [0.1, 0.15) is 5.56 Å². The second-order valence-electron chi connectivity index (χ2n) is 5.11. The second kappa shape index (κ2) is 5.87. The maximum atomic E-state index is 13.7. The lowest BCUT2D eigenvalue weighted by atomic mass is 10.0. The van der Waals surface area contributed by atoms with Gasteiger partial charge in [-0.25, -0.2) is 4.39 Å². The van der Waals surface area contributed by atoms with Crippen LogP contribution in [0.4, 0.5) is 4.39 Å². The quantitative estimate of drug-likeness (QED) is 0.894. The minimum absolute atomic E-state index is 0. The number of nitrogens with zero attached hydrogens (tertiary/aromatic N) is 1. The third-order valence-corrected chi connectivity index (χ3v) is 4.36. The molecule has 2 aliphatic rings. The third kappa shape index (κ3) is 2.87. The molecule has 2 fully saturated rings. The number of likely N-dealkylation sites (tertiary alicyclic amines) is 1. The maximum absolute atomic E-state index is 13.7. The molecule has 100 valence electrons. The molecule has 0 spiro atoms. The van der Waals surface area contributed by atoms with Crippen LogP contribution in [0.3, 0.4) is 0 Å². The number of hydrogen-bond acceptors (Lipinski definition) is 2. The van der Waals surface area contributed by atoms with Crippen LogP contribution < -0.4 is 5.32 Å². The number of halogens is 3. The van der Waals surface area contributed by atoms with Crippen molar-refractivity contribution in [3.8, 4) is 0 Å². The lowest BCUT2D eigenvalue weighted by Crippen LogP contribution is -2.25. The first kappa shape index (κ1) is 14.3. The van der Waals surface area contributed by atoms with Crippen molar-refractivity contribution in [3.63, 3.8) is 0 Å². The van der Waals surface area contributed by atoms with E-state index in [0.29, 0.717) is 0 Å². The zero-order valence-corrected chi connectivity index (χ0v) is 12.4. The summed E-state index contributed by atoms with van der Waals surface area (Å²) in [6.45, 7) is 5.19. The van der Waals surface area contributed by atoms with Crippen molar-refractivity contribution < 1.29 is 4.39 Å². The Kier molecular flexibility index (Phi) is 4.64. The Labute approximate surface area is 121 Å². The highest BCUT2D eigenvalue weighted by molar-refractivity contribution is 9.10. The van der Waals surface area contributed by atoms with Gasteiger partial charge in [0.15, 0.2) is 0 Å². The van der Waals surface area contributed by atoms with Gasteiger partial charge in [-0.05, 0) is 43.1 Å². The number of fused-ring (bicyclic) bond motifs is 1. The first-order valence-corrected chi connectivity index (χ1v) is 6.88. The molecule has 0 aromatic heterocycles. The second-order valence-corrected chi connectivity index (χ2v) is 6.02. The summed E-state index contributed by atoms with van der Waals surface area (Å²) in [7, 11) is 0. The van der Waals surface area contributed by atoms with Crippen LogP contribution in [0, 0.1) is 17.7 Å². The Morgan fingerprint density at radius 3 is 2.61 bits per heavy atom. The largest absolute Gasteiger partial charge is 0.316 e. The fourth-order valence-electron chi connectivity index (χ4n) is 2.99. The van der Waals surface area contributed by atoms with Gasteiger partial charge in [0.1, 0.15) is 5.82 Å². The van der Waals surface area contributed by atoms with Gasteiger partial charge in [-0.1, -0.05) is 15.9 Å². The fraction of sp³-hybridized carbons (Fsp3) is 0.538. The predicted molar refractivity (Wildman–Crippen MR) is 76.5 cm³/mol. The van der Waals surface area contributed by atoms with Crippen molar-refractivity contribution in [2.45, 2.75) is 6.54 Å². The third-order valence-electron chi connectivity index (χ3n) is 3.87. The Bertz CT molecular complexity index is 417. The van der Waals surface area contributed by atoms with E-state index in [9.17, 15) is 4.39 Å². The normalized spacial score (nSPS) is 27.0. The molecule has 1 N–H and O–H groups in total. The summed E-state index contributed by atoms with van der Waals surface area (Å²) in [6, 6.07) is 5.18. The van der Waals surface area contributed by atoms with Crippen molar-refractivity contribution in [1.29, 1.82) is 0 Å². The highest BCUT2D eigenvalue weighted by Crippen LogP contribution is 2.28. The molecule has 5 heteroatoms. The Balaban J connectivity index is 0.00000120. The predicted octanol–water partition coefficient (Wildman–Crippen LogP) is 2.66. The smallest absolute Gasteiger partial charge is 0.127 e. The molecule has 2 aliphatic heterocycles. The van der Waals surface area contributed by atoms with E-state index < -0.39 is 0 Å². The van der Waals surface area contributed by atoms with Crippen LogP contribution in [0.25, 0.3) is 0 Å². The minimum Gasteiger partial charge on any atom is -0.316 e. The Morgan fingerprint density at radius 2 is 1.94 bits per heavy atom. The molecule has 1 aromatic rings. The van der Waals surface area contributed by atoms with Crippen molar-refractivity contribution in [3.05, 3.63) is 34.1 Å². The lowest BCUT2D eigenvalue weighted by molar-refractivity contribution is 0.301. The van der Waals surface area contributed by atoms with Gasteiger partial charge in [0, 0.05) is 29.7 Å². The SMILES string of the molecule is Cl.Fc1ccc(Br)cc1CN1C[C@H]2CNC[C@H]2C1. The molecular formula is C13H17BrClFN2. The molecule has 0 amide bonds. The molecule has 0 saturated carbocycles. The molecule has 18 heavy (non-hydrogen) atoms. The van der Waals surface area contributed by atoms with Crippen LogP contribution in [0.15, 0.2) is 22.7 Å². The van der Waals surface area contributed by atoms with E-state index in [1.807, 2.05) is 6.07 Å². The van der Waals surface area contributed by atoms with Gasteiger partial charge < -0.3 is 5.32 Å². The molecule has 0 unspecified atom stereocenters. The first-order chi connectivity index (χ1) is 8.22. The van der Waals surface area contributed by atoms with Crippen molar-refractivity contribution in [1.82, 2.24) is 10.2 Å². The summed E-state index contributed by atoms with van der Waals surface area (Å²) in [4.78, 5) is 2.38. The highest BCUT2D eigenvalue weighted by Gasteiger charge is 2.35. The van der Waals surface area contributed by atoms with E-state index in [1.165, 1.54) is 6.07 Å². The van der Waals surface area contributed by atoms with Gasteiger partial charge in [-0.15, -0.1) is 12.4 Å². The van der Waals surface area contributed by atoms with Gasteiger partial charge in [-0.2, -0.15) is 0 Å². The molecule has 1 aromatic carbocycles. The van der Waals surface area contributed by atoms with Gasteiger partial charge in [0.25, 0.3) is 0 Å². The van der Waals surface area contributed by atoms with Crippen LogP contribution in [-0.2, 0) is 6.54 Å². The van der Waals surface area contributed by atoms with Crippen molar-refractivity contribution in [2.75, 3.05) is 26.2 Å². The molecule has 2 saturated heterocycles. The molecule has 0 radical (unpaired) electrons. The van der Waals surface area contributed by atoms with Crippen LogP contribution in [0.2, 0.25) is 0 Å².